The molecule has 4 nitrogen and oxygen atoms in total. The summed E-state index contributed by atoms with van der Waals surface area (Å²) in [5, 5.41) is 0. The van der Waals surface area contributed by atoms with Crippen LogP contribution in [-0.4, -0.2) is 29.3 Å². The molecule has 106 valence electrons. The predicted octanol–water partition coefficient (Wildman–Crippen LogP) is 2.50. The molecule has 4 heteroatoms. The number of aromatic nitrogens is 1. The fourth-order valence-corrected chi connectivity index (χ4v) is 2.84. The van der Waals surface area contributed by atoms with Crippen LogP contribution < -0.4 is 10.6 Å². The average Bonchev–Trinajstić information content (AvgIpc) is 2.25. The summed E-state index contributed by atoms with van der Waals surface area (Å²) >= 11 is 0. The van der Waals surface area contributed by atoms with Gasteiger partial charge < -0.3 is 15.4 Å². The van der Waals surface area contributed by atoms with Crippen molar-refractivity contribution in [1.29, 1.82) is 0 Å². The third kappa shape index (κ3) is 3.45. The number of ether oxygens (including phenoxy) is 1. The molecule has 1 aromatic rings. The van der Waals surface area contributed by atoms with Crippen LogP contribution in [-0.2, 0) is 4.74 Å². The summed E-state index contributed by atoms with van der Waals surface area (Å²) < 4.78 is 6.10. The Kier molecular flexibility index (Phi) is 3.58. The van der Waals surface area contributed by atoms with Crippen LogP contribution in [0.15, 0.2) is 18.3 Å². The zero-order valence-electron chi connectivity index (χ0n) is 12.6. The number of hydrogen-bond donors (Lipinski definition) is 1. The van der Waals surface area contributed by atoms with Gasteiger partial charge in [-0.25, -0.2) is 4.98 Å². The second kappa shape index (κ2) is 4.76. The topological polar surface area (TPSA) is 51.4 Å². The van der Waals surface area contributed by atoms with Crippen LogP contribution in [0.25, 0.3) is 0 Å². The van der Waals surface area contributed by atoms with Gasteiger partial charge >= 0.3 is 0 Å². The normalized spacial score (nSPS) is 23.2. The molecule has 1 aliphatic heterocycles. The van der Waals surface area contributed by atoms with Crippen molar-refractivity contribution < 1.29 is 4.74 Å². The van der Waals surface area contributed by atoms with Crippen molar-refractivity contribution in [2.75, 3.05) is 18.0 Å². The molecule has 0 aliphatic carbocycles. The monoisotopic (exact) mass is 263 g/mol. The first-order valence-electron chi connectivity index (χ1n) is 6.85. The molecule has 1 aliphatic rings. The van der Waals surface area contributed by atoms with Crippen LogP contribution in [0.3, 0.4) is 0 Å². The summed E-state index contributed by atoms with van der Waals surface area (Å²) in [5.41, 5.74) is 6.72. The van der Waals surface area contributed by atoms with Crippen LogP contribution in [0.2, 0.25) is 0 Å². The Hall–Kier alpha value is -1.13. The van der Waals surface area contributed by atoms with Gasteiger partial charge in [-0.05, 0) is 52.3 Å². The van der Waals surface area contributed by atoms with Crippen molar-refractivity contribution in [3.05, 3.63) is 23.9 Å². The first kappa shape index (κ1) is 14.3. The van der Waals surface area contributed by atoms with E-state index in [4.69, 9.17) is 10.5 Å². The second-order valence-electron chi connectivity index (χ2n) is 6.71. The molecule has 2 rings (SSSR count). The fraction of sp³-hybridized carbons (Fsp3) is 0.667. The summed E-state index contributed by atoms with van der Waals surface area (Å²) in [7, 11) is 0. The number of anilines is 1. The third-order valence-corrected chi connectivity index (χ3v) is 3.32. The van der Waals surface area contributed by atoms with Crippen molar-refractivity contribution in [2.24, 2.45) is 5.73 Å². The minimum absolute atomic E-state index is 0.0313. The molecule has 2 heterocycles. The number of hydrogen-bond acceptors (Lipinski definition) is 4. The SMILES string of the molecule is CC(N)c1ccnc(N2CC(C)(C)OC(C)(C)C2)c1. The quantitative estimate of drug-likeness (QED) is 0.890. The Morgan fingerprint density at radius 3 is 2.37 bits per heavy atom. The van der Waals surface area contributed by atoms with Gasteiger partial charge in [0.1, 0.15) is 5.82 Å². The van der Waals surface area contributed by atoms with E-state index in [1.807, 2.05) is 19.2 Å². The maximum Gasteiger partial charge on any atom is 0.128 e. The average molecular weight is 263 g/mol. The van der Waals surface area contributed by atoms with Crippen molar-refractivity contribution in [3.63, 3.8) is 0 Å². The van der Waals surface area contributed by atoms with E-state index in [1.165, 1.54) is 0 Å². The number of morpholine rings is 1. The van der Waals surface area contributed by atoms with Gasteiger partial charge in [0.05, 0.1) is 11.2 Å². The molecular formula is C15H25N3O. The van der Waals surface area contributed by atoms with E-state index in [0.717, 1.165) is 24.5 Å². The number of nitrogens with zero attached hydrogens (tertiary/aromatic N) is 2. The van der Waals surface area contributed by atoms with Gasteiger partial charge in [-0.1, -0.05) is 0 Å². The van der Waals surface area contributed by atoms with Gasteiger partial charge in [0.2, 0.25) is 0 Å². The lowest BCUT2D eigenvalue weighted by molar-refractivity contribution is -0.133. The molecule has 1 fully saturated rings. The van der Waals surface area contributed by atoms with E-state index in [2.05, 4.69) is 43.6 Å². The van der Waals surface area contributed by atoms with E-state index < -0.39 is 0 Å². The Morgan fingerprint density at radius 1 is 1.26 bits per heavy atom. The van der Waals surface area contributed by atoms with Crippen LogP contribution in [0.4, 0.5) is 5.82 Å². The molecule has 0 aromatic carbocycles. The maximum absolute atomic E-state index is 6.10. The molecule has 0 amide bonds. The minimum atomic E-state index is -0.173. The van der Waals surface area contributed by atoms with E-state index >= 15 is 0 Å². The van der Waals surface area contributed by atoms with E-state index in [-0.39, 0.29) is 17.2 Å². The molecule has 0 saturated carbocycles. The summed E-state index contributed by atoms with van der Waals surface area (Å²) in [4.78, 5) is 6.78. The van der Waals surface area contributed by atoms with Crippen molar-refractivity contribution in [3.8, 4) is 0 Å². The summed E-state index contributed by atoms with van der Waals surface area (Å²) in [6.07, 6.45) is 1.84. The van der Waals surface area contributed by atoms with Crippen LogP contribution >= 0.6 is 0 Å². The van der Waals surface area contributed by atoms with Crippen LogP contribution in [0.5, 0.6) is 0 Å². The van der Waals surface area contributed by atoms with Gasteiger partial charge in [-0.15, -0.1) is 0 Å². The molecule has 19 heavy (non-hydrogen) atoms. The van der Waals surface area contributed by atoms with Crippen molar-refractivity contribution in [1.82, 2.24) is 4.98 Å². The highest BCUT2D eigenvalue weighted by molar-refractivity contribution is 5.43. The summed E-state index contributed by atoms with van der Waals surface area (Å²) in [6, 6.07) is 4.09. The highest BCUT2D eigenvalue weighted by Gasteiger charge is 2.38. The van der Waals surface area contributed by atoms with Crippen molar-refractivity contribution in [2.45, 2.75) is 51.9 Å². The third-order valence-electron chi connectivity index (χ3n) is 3.32. The first-order valence-corrected chi connectivity index (χ1v) is 6.85. The molecule has 0 bridgehead atoms. The molecule has 1 saturated heterocycles. The van der Waals surface area contributed by atoms with Crippen LogP contribution in [0, 0.1) is 0 Å². The van der Waals surface area contributed by atoms with Gasteiger partial charge in [-0.2, -0.15) is 0 Å². The van der Waals surface area contributed by atoms with Gasteiger partial charge in [0.25, 0.3) is 0 Å². The largest absolute Gasteiger partial charge is 0.366 e. The molecular weight excluding hydrogens is 238 g/mol. The van der Waals surface area contributed by atoms with Crippen molar-refractivity contribution >= 4 is 5.82 Å². The lowest BCUT2D eigenvalue weighted by Gasteiger charge is -2.47. The zero-order chi connectivity index (χ0) is 14.3. The molecule has 2 N–H and O–H groups in total. The molecule has 1 atom stereocenters. The van der Waals surface area contributed by atoms with Crippen LogP contribution in [0.1, 0.15) is 46.2 Å². The molecule has 0 radical (unpaired) electrons. The minimum Gasteiger partial charge on any atom is -0.366 e. The fourth-order valence-electron chi connectivity index (χ4n) is 2.84. The number of rotatable bonds is 2. The lowest BCUT2D eigenvalue weighted by atomic mass is 9.98. The zero-order valence-corrected chi connectivity index (χ0v) is 12.6. The Labute approximate surface area is 116 Å². The highest BCUT2D eigenvalue weighted by atomic mass is 16.5. The highest BCUT2D eigenvalue weighted by Crippen LogP contribution is 2.31. The van der Waals surface area contributed by atoms with E-state index in [9.17, 15) is 0 Å². The number of pyridine rings is 1. The maximum atomic E-state index is 6.10. The standard InChI is InChI=1S/C15H25N3O/c1-11(16)12-6-7-17-13(8-12)18-9-14(2,3)19-15(4,5)10-18/h6-8,11H,9-10,16H2,1-5H3. The Bertz CT molecular complexity index is 438. The van der Waals surface area contributed by atoms with Gasteiger partial charge in [-0.3, -0.25) is 0 Å². The van der Waals surface area contributed by atoms with Gasteiger partial charge in [0, 0.05) is 25.3 Å². The summed E-state index contributed by atoms with van der Waals surface area (Å²) in [6.45, 7) is 12.2. The Balaban J connectivity index is 2.28. The lowest BCUT2D eigenvalue weighted by Crippen LogP contribution is -2.57. The van der Waals surface area contributed by atoms with Gasteiger partial charge in [0.15, 0.2) is 0 Å². The van der Waals surface area contributed by atoms with E-state index in [0.29, 0.717) is 0 Å². The molecule has 1 aromatic heterocycles. The number of nitrogens with two attached hydrogens (primary N) is 1. The van der Waals surface area contributed by atoms with E-state index in [1.54, 1.807) is 0 Å². The second-order valence-corrected chi connectivity index (χ2v) is 6.71. The molecule has 0 spiro atoms. The smallest absolute Gasteiger partial charge is 0.128 e. The molecule has 1 unspecified atom stereocenters. The predicted molar refractivity (Wildman–Crippen MR) is 78.3 cm³/mol. The summed E-state index contributed by atoms with van der Waals surface area (Å²) in [5.74, 6) is 0.985. The Morgan fingerprint density at radius 2 is 1.84 bits per heavy atom. The first-order chi connectivity index (χ1) is 8.69.